The first kappa shape index (κ1) is 28.8. The minimum Gasteiger partial charge on any atom is -0.493 e. The van der Waals surface area contributed by atoms with E-state index in [1.54, 1.807) is 37.7 Å². The second-order valence-electron chi connectivity index (χ2n) is 8.64. The van der Waals surface area contributed by atoms with E-state index in [2.05, 4.69) is 20.5 Å². The molecule has 0 aliphatic carbocycles. The van der Waals surface area contributed by atoms with Crippen LogP contribution in [0, 0.1) is 11.5 Å². The van der Waals surface area contributed by atoms with Crippen molar-refractivity contribution >= 4 is 35.2 Å². The molecule has 9 nitrogen and oxygen atoms in total. The van der Waals surface area contributed by atoms with Gasteiger partial charge in [0, 0.05) is 30.0 Å². The number of benzene rings is 1. The van der Waals surface area contributed by atoms with Gasteiger partial charge in [0.1, 0.15) is 11.5 Å². The van der Waals surface area contributed by atoms with Crippen molar-refractivity contribution in [3.63, 3.8) is 0 Å². The maximum absolute atomic E-state index is 9.24. The highest BCUT2D eigenvalue weighted by molar-refractivity contribution is 7.99. The molecule has 0 bridgehead atoms. The third-order valence-corrected chi connectivity index (χ3v) is 7.49. The summed E-state index contributed by atoms with van der Waals surface area (Å²) in [6.45, 7) is 2.11. The molecule has 2 aromatic rings. The smallest absolute Gasteiger partial charge is 0.205 e. The van der Waals surface area contributed by atoms with Crippen molar-refractivity contribution in [3.8, 4) is 17.7 Å². The third kappa shape index (κ3) is 8.62. The van der Waals surface area contributed by atoms with Crippen LogP contribution in [0.2, 0.25) is 0 Å². The Balaban J connectivity index is 1.56. The third-order valence-electron chi connectivity index (χ3n) is 5.68. The van der Waals surface area contributed by atoms with Gasteiger partial charge < -0.3 is 24.1 Å². The Morgan fingerprint density at radius 1 is 1.24 bits per heavy atom. The van der Waals surface area contributed by atoms with Crippen LogP contribution in [0.25, 0.3) is 0 Å². The summed E-state index contributed by atoms with van der Waals surface area (Å²) in [5.41, 5.74) is 3.29. The van der Waals surface area contributed by atoms with Gasteiger partial charge in [-0.15, -0.1) is 11.8 Å². The summed E-state index contributed by atoms with van der Waals surface area (Å²) in [5, 5.41) is 15.3. The number of aliphatic imine (C=N–C) groups is 2. The van der Waals surface area contributed by atoms with E-state index in [1.807, 2.05) is 50.8 Å². The minimum atomic E-state index is -0.0108. The summed E-state index contributed by atoms with van der Waals surface area (Å²) in [6.07, 6.45) is 5.57. The summed E-state index contributed by atoms with van der Waals surface area (Å²) in [6, 6.07) is 8.10. The molecule has 1 aromatic carbocycles. The fourth-order valence-corrected chi connectivity index (χ4v) is 5.23. The molecule has 0 fully saturated rings. The molecule has 11 heteroatoms. The van der Waals surface area contributed by atoms with Crippen LogP contribution in [0.4, 0.5) is 0 Å². The van der Waals surface area contributed by atoms with Crippen LogP contribution in [0.15, 0.2) is 38.7 Å². The van der Waals surface area contributed by atoms with E-state index < -0.39 is 0 Å². The summed E-state index contributed by atoms with van der Waals surface area (Å²) in [4.78, 5) is 11.5. The highest BCUT2D eigenvalue weighted by atomic mass is 32.2. The van der Waals surface area contributed by atoms with Gasteiger partial charge in [-0.2, -0.15) is 17.0 Å². The van der Waals surface area contributed by atoms with Crippen molar-refractivity contribution in [2.45, 2.75) is 30.5 Å². The van der Waals surface area contributed by atoms with E-state index in [4.69, 9.17) is 18.9 Å². The molecule has 3 rings (SSSR count). The molecule has 200 valence electrons. The first-order chi connectivity index (χ1) is 18.0. The molecule has 1 atom stereocenters. The topological polar surface area (TPSA) is 107 Å². The Hall–Kier alpha value is -2.81. The SMILES string of the molecule is COc1cc2c(cc1OC)C(CC(NC(=NCCSCc1ccc(CN(C)C)o1)NC#N)SC)=NCC2. The van der Waals surface area contributed by atoms with Crippen LogP contribution in [0.5, 0.6) is 11.5 Å². The van der Waals surface area contributed by atoms with Gasteiger partial charge in [-0.25, -0.2) is 0 Å². The standard InChI is InChI=1S/C26H36N6O3S2/c1-32(2)15-19-6-7-20(35-19)16-37-11-10-29-26(30-17-27)31-25(36-5)14-22-21-13-24(34-4)23(33-3)12-18(21)8-9-28-22/h6-7,12-13,25H,8-11,14-16H2,1-5H3,(H2,29,30,31). The van der Waals surface area contributed by atoms with E-state index in [-0.39, 0.29) is 5.37 Å². The number of hydrogen-bond donors (Lipinski definition) is 2. The number of rotatable bonds is 13. The molecule has 0 saturated carbocycles. The Morgan fingerprint density at radius 3 is 2.70 bits per heavy atom. The van der Waals surface area contributed by atoms with Gasteiger partial charge in [0.2, 0.25) is 5.96 Å². The Labute approximate surface area is 228 Å². The van der Waals surface area contributed by atoms with Crippen LogP contribution in [0.1, 0.15) is 29.1 Å². The van der Waals surface area contributed by atoms with E-state index in [0.29, 0.717) is 24.7 Å². The molecule has 2 heterocycles. The summed E-state index contributed by atoms with van der Waals surface area (Å²) >= 11 is 3.41. The molecule has 2 N–H and O–H groups in total. The number of furan rings is 1. The molecule has 1 aliphatic rings. The quantitative estimate of drug-likeness (QED) is 0.0974. The lowest BCUT2D eigenvalue weighted by Gasteiger charge is -2.23. The minimum absolute atomic E-state index is 0.0108. The Bertz CT molecular complexity index is 1130. The predicted molar refractivity (Wildman–Crippen MR) is 153 cm³/mol. The van der Waals surface area contributed by atoms with Crippen molar-refractivity contribution in [1.29, 1.82) is 5.26 Å². The first-order valence-electron chi connectivity index (χ1n) is 12.0. The highest BCUT2D eigenvalue weighted by Crippen LogP contribution is 2.33. The predicted octanol–water partition coefficient (Wildman–Crippen LogP) is 3.73. The van der Waals surface area contributed by atoms with Gasteiger partial charge in [0.05, 0.1) is 38.4 Å². The van der Waals surface area contributed by atoms with Crippen LogP contribution in [-0.2, 0) is 18.7 Å². The average Bonchev–Trinajstić information content (AvgIpc) is 3.33. The van der Waals surface area contributed by atoms with Crippen LogP contribution in [0.3, 0.4) is 0 Å². The number of thioether (sulfide) groups is 2. The second kappa shape index (κ2) is 14.8. The molecule has 0 radical (unpaired) electrons. The molecule has 37 heavy (non-hydrogen) atoms. The molecular weight excluding hydrogens is 508 g/mol. The summed E-state index contributed by atoms with van der Waals surface area (Å²) in [5.74, 6) is 5.43. The van der Waals surface area contributed by atoms with Crippen molar-refractivity contribution in [3.05, 3.63) is 46.9 Å². The van der Waals surface area contributed by atoms with Crippen molar-refractivity contribution in [1.82, 2.24) is 15.5 Å². The second-order valence-corrected chi connectivity index (χ2v) is 10.8. The molecule has 1 aromatic heterocycles. The fraction of sp³-hybridized carbons (Fsp3) is 0.500. The largest absolute Gasteiger partial charge is 0.493 e. The normalized spacial score (nSPS) is 14.0. The first-order valence-corrected chi connectivity index (χ1v) is 14.5. The Kier molecular flexibility index (Phi) is 11.5. The van der Waals surface area contributed by atoms with Gasteiger partial charge >= 0.3 is 0 Å². The number of nitriles is 1. The zero-order valence-corrected chi connectivity index (χ0v) is 23.8. The number of hydrogen-bond acceptors (Lipinski definition) is 9. The zero-order chi connectivity index (χ0) is 26.6. The van der Waals surface area contributed by atoms with Crippen molar-refractivity contribution in [2.24, 2.45) is 9.98 Å². The number of ether oxygens (including phenoxy) is 2. The molecule has 1 aliphatic heterocycles. The van der Waals surface area contributed by atoms with Gasteiger partial charge in [-0.1, -0.05) is 0 Å². The molecule has 0 spiro atoms. The highest BCUT2D eigenvalue weighted by Gasteiger charge is 2.22. The number of guanidine groups is 1. The van der Waals surface area contributed by atoms with Crippen molar-refractivity contribution < 1.29 is 13.9 Å². The van der Waals surface area contributed by atoms with Crippen LogP contribution < -0.4 is 20.1 Å². The number of fused-ring (bicyclic) bond motifs is 1. The van der Waals surface area contributed by atoms with Crippen molar-refractivity contribution in [2.75, 3.05) is 53.4 Å². The number of nitrogens with zero attached hydrogens (tertiary/aromatic N) is 4. The summed E-state index contributed by atoms with van der Waals surface area (Å²) < 4.78 is 16.8. The lowest BCUT2D eigenvalue weighted by Crippen LogP contribution is -2.41. The zero-order valence-electron chi connectivity index (χ0n) is 22.2. The van der Waals surface area contributed by atoms with E-state index in [1.165, 1.54) is 5.56 Å². The monoisotopic (exact) mass is 544 g/mol. The number of nitrogens with one attached hydrogen (secondary N) is 2. The molecule has 0 amide bonds. The molecule has 0 saturated heterocycles. The molecular formula is C26H36N6O3S2. The Morgan fingerprint density at radius 2 is 2.00 bits per heavy atom. The van der Waals surface area contributed by atoms with Gasteiger partial charge in [0.25, 0.3) is 0 Å². The fourth-order valence-electron chi connectivity index (χ4n) is 3.95. The van der Waals surface area contributed by atoms with Crippen LogP contribution >= 0.6 is 23.5 Å². The van der Waals surface area contributed by atoms with E-state index in [0.717, 1.165) is 59.6 Å². The van der Waals surface area contributed by atoms with E-state index in [9.17, 15) is 5.26 Å². The maximum Gasteiger partial charge on any atom is 0.205 e. The van der Waals surface area contributed by atoms with E-state index >= 15 is 0 Å². The lowest BCUT2D eigenvalue weighted by atomic mass is 9.95. The van der Waals surface area contributed by atoms with Gasteiger partial charge in [-0.3, -0.25) is 15.3 Å². The maximum atomic E-state index is 9.24. The average molecular weight is 545 g/mol. The van der Waals surface area contributed by atoms with Gasteiger partial charge in [-0.05, 0) is 56.6 Å². The lowest BCUT2D eigenvalue weighted by molar-refractivity contribution is 0.344. The number of methoxy groups -OCH3 is 2. The summed E-state index contributed by atoms with van der Waals surface area (Å²) in [7, 11) is 7.33. The van der Waals surface area contributed by atoms with Crippen LogP contribution in [-0.4, -0.2) is 75.4 Å². The molecule has 1 unspecified atom stereocenters. The van der Waals surface area contributed by atoms with Gasteiger partial charge in [0.15, 0.2) is 17.7 Å².